The zero-order valence-corrected chi connectivity index (χ0v) is 10.3. The normalized spacial score (nSPS) is 17.1. The Hall–Kier alpha value is -1.58. The number of hydrogen-bond acceptors (Lipinski definition) is 3. The van der Waals surface area contributed by atoms with Crippen molar-refractivity contribution in [3.8, 4) is 5.88 Å². The van der Waals surface area contributed by atoms with E-state index < -0.39 is 0 Å². The Morgan fingerprint density at radius 3 is 2.88 bits per heavy atom. The van der Waals surface area contributed by atoms with Crippen LogP contribution in [0.15, 0.2) is 18.3 Å². The molecule has 4 heteroatoms. The quantitative estimate of drug-likeness (QED) is 0.864. The monoisotopic (exact) mass is 234 g/mol. The van der Waals surface area contributed by atoms with Gasteiger partial charge in [0.1, 0.15) is 6.61 Å². The van der Waals surface area contributed by atoms with Gasteiger partial charge in [-0.25, -0.2) is 4.98 Å². The van der Waals surface area contributed by atoms with Crippen LogP contribution in [0.4, 0.5) is 0 Å². The highest BCUT2D eigenvalue weighted by molar-refractivity contribution is 5.74. The Morgan fingerprint density at radius 1 is 1.59 bits per heavy atom. The third-order valence-corrected chi connectivity index (χ3v) is 3.20. The molecule has 0 bridgehead atoms. The first kappa shape index (κ1) is 11.9. The van der Waals surface area contributed by atoms with Gasteiger partial charge in [-0.2, -0.15) is 0 Å². The number of aryl methyl sites for hydroxylation is 1. The molecule has 0 atom stereocenters. The van der Waals surface area contributed by atoms with Gasteiger partial charge in [0, 0.05) is 18.7 Å². The van der Waals surface area contributed by atoms with Crippen molar-refractivity contribution in [3.63, 3.8) is 0 Å². The minimum absolute atomic E-state index is 0.00560. The molecule has 1 N–H and O–H groups in total. The van der Waals surface area contributed by atoms with Gasteiger partial charge in [0.05, 0.1) is 5.54 Å². The average molecular weight is 234 g/mol. The predicted molar refractivity (Wildman–Crippen MR) is 64.9 cm³/mol. The molecule has 0 spiro atoms. The minimum Gasteiger partial charge on any atom is -0.475 e. The van der Waals surface area contributed by atoms with E-state index in [0.29, 0.717) is 12.5 Å². The summed E-state index contributed by atoms with van der Waals surface area (Å²) in [6, 6.07) is 3.85. The van der Waals surface area contributed by atoms with Crippen molar-refractivity contribution in [2.24, 2.45) is 0 Å². The Balaban J connectivity index is 1.97. The second-order valence-corrected chi connectivity index (χ2v) is 4.73. The smallest absolute Gasteiger partial charge is 0.217 e. The number of hydrogen-bond donors (Lipinski definition) is 1. The van der Waals surface area contributed by atoms with Crippen LogP contribution in [0.5, 0.6) is 5.88 Å². The van der Waals surface area contributed by atoms with Crippen LogP contribution in [0.2, 0.25) is 0 Å². The first-order chi connectivity index (χ1) is 8.11. The lowest BCUT2D eigenvalue weighted by molar-refractivity contribution is -0.122. The van der Waals surface area contributed by atoms with Crippen LogP contribution in [-0.4, -0.2) is 23.0 Å². The van der Waals surface area contributed by atoms with E-state index in [9.17, 15) is 4.79 Å². The maximum absolute atomic E-state index is 11.1. The molecule has 2 rings (SSSR count). The van der Waals surface area contributed by atoms with E-state index in [2.05, 4.69) is 10.3 Å². The Kier molecular flexibility index (Phi) is 3.31. The highest BCUT2D eigenvalue weighted by Crippen LogP contribution is 2.32. The lowest BCUT2D eigenvalue weighted by Gasteiger charge is -2.41. The number of carbonyl (C=O) groups is 1. The summed E-state index contributed by atoms with van der Waals surface area (Å²) in [5.41, 5.74) is 0.847. The second kappa shape index (κ2) is 4.73. The second-order valence-electron chi connectivity index (χ2n) is 4.73. The summed E-state index contributed by atoms with van der Waals surface area (Å²) in [7, 11) is 0. The molecule has 17 heavy (non-hydrogen) atoms. The number of ether oxygens (including phenoxy) is 1. The molecular weight excluding hydrogens is 216 g/mol. The first-order valence-electron chi connectivity index (χ1n) is 5.94. The van der Waals surface area contributed by atoms with Gasteiger partial charge in [0.15, 0.2) is 0 Å². The van der Waals surface area contributed by atoms with E-state index in [1.165, 1.54) is 0 Å². The fraction of sp³-hybridized carbons (Fsp3) is 0.538. The molecule has 0 saturated heterocycles. The van der Waals surface area contributed by atoms with Crippen molar-refractivity contribution < 1.29 is 9.53 Å². The predicted octanol–water partition coefficient (Wildman–Crippen LogP) is 1.83. The van der Waals surface area contributed by atoms with Gasteiger partial charge in [-0.3, -0.25) is 4.79 Å². The zero-order chi connectivity index (χ0) is 12.3. The van der Waals surface area contributed by atoms with Crippen molar-refractivity contribution in [2.75, 3.05) is 6.61 Å². The average Bonchev–Trinajstić information content (AvgIpc) is 2.23. The van der Waals surface area contributed by atoms with Crippen LogP contribution in [0, 0.1) is 6.92 Å². The molecule has 1 fully saturated rings. The lowest BCUT2D eigenvalue weighted by atomic mass is 9.77. The molecule has 0 aliphatic heterocycles. The van der Waals surface area contributed by atoms with E-state index in [4.69, 9.17) is 4.74 Å². The summed E-state index contributed by atoms with van der Waals surface area (Å²) < 4.78 is 5.72. The maximum atomic E-state index is 11.1. The topological polar surface area (TPSA) is 51.2 Å². The molecule has 0 unspecified atom stereocenters. The van der Waals surface area contributed by atoms with Gasteiger partial charge >= 0.3 is 0 Å². The van der Waals surface area contributed by atoms with Gasteiger partial charge in [-0.05, 0) is 32.3 Å². The Bertz CT molecular complexity index is 414. The molecular formula is C13H18N2O2. The minimum atomic E-state index is -0.171. The van der Waals surface area contributed by atoms with Gasteiger partial charge < -0.3 is 10.1 Å². The number of rotatable bonds is 4. The molecule has 1 aromatic rings. The van der Waals surface area contributed by atoms with Gasteiger partial charge in [0.2, 0.25) is 11.8 Å². The zero-order valence-electron chi connectivity index (χ0n) is 10.3. The molecule has 1 aliphatic rings. The summed E-state index contributed by atoms with van der Waals surface area (Å²) in [5.74, 6) is 0.662. The van der Waals surface area contributed by atoms with Crippen LogP contribution in [0.1, 0.15) is 31.7 Å². The summed E-state index contributed by atoms with van der Waals surface area (Å²) in [6.07, 6.45) is 4.83. The standard InChI is InChI=1S/C13H18N2O2/c1-10-5-3-8-14-12(10)17-9-13(6-4-7-13)15-11(2)16/h3,5,8H,4,6-7,9H2,1-2H3,(H,15,16). The van der Waals surface area contributed by atoms with Crippen LogP contribution >= 0.6 is 0 Å². The van der Waals surface area contributed by atoms with E-state index in [1.807, 2.05) is 19.1 Å². The fourth-order valence-corrected chi connectivity index (χ4v) is 2.11. The number of nitrogens with zero attached hydrogens (tertiary/aromatic N) is 1. The first-order valence-corrected chi connectivity index (χ1v) is 5.94. The lowest BCUT2D eigenvalue weighted by Crippen LogP contribution is -2.56. The molecule has 1 saturated carbocycles. The summed E-state index contributed by atoms with van der Waals surface area (Å²) in [6.45, 7) is 4.02. The highest BCUT2D eigenvalue weighted by atomic mass is 16.5. The van der Waals surface area contributed by atoms with Crippen LogP contribution in [0.3, 0.4) is 0 Å². The number of aromatic nitrogens is 1. The number of amides is 1. The molecule has 1 aromatic heterocycles. The maximum Gasteiger partial charge on any atom is 0.217 e. The molecule has 0 aromatic carbocycles. The summed E-state index contributed by atoms with van der Waals surface area (Å²) in [5, 5.41) is 2.99. The Morgan fingerprint density at radius 2 is 2.35 bits per heavy atom. The van der Waals surface area contributed by atoms with E-state index in [-0.39, 0.29) is 11.4 Å². The SMILES string of the molecule is CC(=O)NC1(COc2ncccc2C)CCC1. The van der Waals surface area contributed by atoms with E-state index in [1.54, 1.807) is 13.1 Å². The van der Waals surface area contributed by atoms with Crippen molar-refractivity contribution in [1.29, 1.82) is 0 Å². The van der Waals surface area contributed by atoms with Crippen molar-refractivity contribution in [3.05, 3.63) is 23.9 Å². The van der Waals surface area contributed by atoms with E-state index in [0.717, 1.165) is 24.8 Å². The van der Waals surface area contributed by atoms with Crippen LogP contribution in [0.25, 0.3) is 0 Å². The number of pyridine rings is 1. The van der Waals surface area contributed by atoms with Crippen molar-refractivity contribution >= 4 is 5.91 Å². The van der Waals surface area contributed by atoms with Gasteiger partial charge in [-0.1, -0.05) is 6.07 Å². The number of nitrogens with one attached hydrogen (secondary N) is 1. The fourth-order valence-electron chi connectivity index (χ4n) is 2.11. The molecule has 1 aliphatic carbocycles. The summed E-state index contributed by atoms with van der Waals surface area (Å²) >= 11 is 0. The third kappa shape index (κ3) is 2.75. The van der Waals surface area contributed by atoms with Crippen LogP contribution in [-0.2, 0) is 4.79 Å². The van der Waals surface area contributed by atoms with Crippen molar-refractivity contribution in [2.45, 2.75) is 38.6 Å². The third-order valence-electron chi connectivity index (χ3n) is 3.20. The Labute approximate surface area is 101 Å². The highest BCUT2D eigenvalue weighted by Gasteiger charge is 2.38. The number of carbonyl (C=O) groups excluding carboxylic acids is 1. The summed E-state index contributed by atoms with van der Waals surface area (Å²) in [4.78, 5) is 15.3. The van der Waals surface area contributed by atoms with Gasteiger partial charge in [-0.15, -0.1) is 0 Å². The molecule has 4 nitrogen and oxygen atoms in total. The van der Waals surface area contributed by atoms with Crippen LogP contribution < -0.4 is 10.1 Å². The molecule has 92 valence electrons. The largest absolute Gasteiger partial charge is 0.475 e. The molecule has 0 radical (unpaired) electrons. The molecule has 1 heterocycles. The van der Waals surface area contributed by atoms with Crippen molar-refractivity contribution in [1.82, 2.24) is 10.3 Å². The molecule has 1 amide bonds. The van der Waals surface area contributed by atoms with Gasteiger partial charge in [0.25, 0.3) is 0 Å². The van der Waals surface area contributed by atoms with E-state index >= 15 is 0 Å².